The predicted octanol–water partition coefficient (Wildman–Crippen LogP) is 2.65. The van der Waals surface area contributed by atoms with Gasteiger partial charge in [0.25, 0.3) is 0 Å². The molecule has 4 nitrogen and oxygen atoms in total. The van der Waals surface area contributed by atoms with Crippen LogP contribution in [0.3, 0.4) is 0 Å². The van der Waals surface area contributed by atoms with Crippen molar-refractivity contribution in [2.75, 3.05) is 13.4 Å². The molecule has 0 amide bonds. The Bertz CT molecular complexity index is 477. The maximum Gasteiger partial charge on any atom is 0.231 e. The van der Waals surface area contributed by atoms with E-state index in [1.165, 1.54) is 5.57 Å². The van der Waals surface area contributed by atoms with Crippen molar-refractivity contribution in [3.63, 3.8) is 0 Å². The van der Waals surface area contributed by atoms with Gasteiger partial charge in [0.2, 0.25) is 6.79 Å². The molecule has 19 heavy (non-hydrogen) atoms. The molecule has 1 aliphatic rings. The minimum absolute atomic E-state index is 0.0752. The molecule has 2 rings (SSSR count). The average Bonchev–Trinajstić information content (AvgIpc) is 2.75. The third-order valence-corrected chi connectivity index (χ3v) is 2.83. The van der Waals surface area contributed by atoms with Gasteiger partial charge < -0.3 is 19.9 Å². The normalized spacial score (nSPS) is 14.1. The molecule has 2 N–H and O–H groups in total. The highest BCUT2D eigenvalue weighted by Crippen LogP contribution is 2.38. The van der Waals surface area contributed by atoms with Crippen LogP contribution in [-0.2, 0) is 6.42 Å². The second-order valence-electron chi connectivity index (χ2n) is 5.09. The Morgan fingerprint density at radius 3 is 2.68 bits per heavy atom. The van der Waals surface area contributed by atoms with Crippen LogP contribution in [0, 0.1) is 0 Å². The Balaban J connectivity index is 2.21. The lowest BCUT2D eigenvalue weighted by atomic mass is 10.1. The van der Waals surface area contributed by atoms with Gasteiger partial charge in [-0.25, -0.2) is 0 Å². The maximum absolute atomic E-state index is 5.88. The molecule has 0 saturated heterocycles. The fraction of sp³-hybridized carbons (Fsp3) is 0.467. The van der Waals surface area contributed by atoms with E-state index in [-0.39, 0.29) is 12.8 Å². The summed E-state index contributed by atoms with van der Waals surface area (Å²) in [6.07, 6.45) is 2.79. The Labute approximate surface area is 114 Å². The second-order valence-corrected chi connectivity index (χ2v) is 5.09. The number of fused-ring (bicyclic) bond motifs is 1. The summed E-state index contributed by atoms with van der Waals surface area (Å²) in [6.45, 7) is 6.89. The number of hydrogen-bond donors (Lipinski definition) is 1. The van der Waals surface area contributed by atoms with Crippen LogP contribution in [0.25, 0.3) is 0 Å². The zero-order valence-electron chi connectivity index (χ0n) is 11.7. The molecule has 0 fully saturated rings. The van der Waals surface area contributed by atoms with Crippen molar-refractivity contribution in [2.45, 2.75) is 33.2 Å². The van der Waals surface area contributed by atoms with E-state index in [0.29, 0.717) is 6.61 Å². The largest absolute Gasteiger partial charge is 0.489 e. The first-order chi connectivity index (χ1) is 9.06. The maximum atomic E-state index is 5.88. The molecule has 1 aromatic rings. The summed E-state index contributed by atoms with van der Waals surface area (Å²) >= 11 is 0. The van der Waals surface area contributed by atoms with E-state index in [0.717, 1.165) is 29.2 Å². The number of ether oxygens (including phenoxy) is 3. The highest BCUT2D eigenvalue weighted by atomic mass is 16.7. The fourth-order valence-corrected chi connectivity index (χ4v) is 1.90. The molecular weight excluding hydrogens is 242 g/mol. The Kier molecular flexibility index (Phi) is 4.32. The van der Waals surface area contributed by atoms with Gasteiger partial charge in [-0.15, -0.1) is 0 Å². The van der Waals surface area contributed by atoms with Crippen molar-refractivity contribution in [3.05, 3.63) is 29.3 Å². The van der Waals surface area contributed by atoms with E-state index >= 15 is 0 Å². The molecular formula is C15H21NO3. The summed E-state index contributed by atoms with van der Waals surface area (Å²) in [6, 6.07) is 3.92. The van der Waals surface area contributed by atoms with E-state index in [1.54, 1.807) is 0 Å². The number of rotatable bonds is 5. The highest BCUT2D eigenvalue weighted by Gasteiger charge is 2.18. The molecule has 1 unspecified atom stereocenters. The summed E-state index contributed by atoms with van der Waals surface area (Å²) in [7, 11) is 0. The zero-order valence-corrected chi connectivity index (χ0v) is 11.7. The van der Waals surface area contributed by atoms with Gasteiger partial charge in [-0.05, 0) is 44.9 Å². The van der Waals surface area contributed by atoms with Crippen LogP contribution >= 0.6 is 0 Å². The molecule has 0 aliphatic carbocycles. The summed E-state index contributed by atoms with van der Waals surface area (Å²) in [5, 5.41) is 0. The van der Waals surface area contributed by atoms with Gasteiger partial charge in [-0.1, -0.05) is 5.57 Å². The monoisotopic (exact) mass is 263 g/mol. The Morgan fingerprint density at radius 2 is 2.05 bits per heavy atom. The molecule has 1 aliphatic heterocycles. The third-order valence-electron chi connectivity index (χ3n) is 2.83. The highest BCUT2D eigenvalue weighted by molar-refractivity contribution is 5.52. The summed E-state index contributed by atoms with van der Waals surface area (Å²) in [4.78, 5) is 0. The fourth-order valence-electron chi connectivity index (χ4n) is 1.90. The van der Waals surface area contributed by atoms with E-state index in [4.69, 9.17) is 19.9 Å². The average molecular weight is 263 g/mol. The number of benzene rings is 1. The molecule has 0 saturated carbocycles. The minimum Gasteiger partial charge on any atom is -0.489 e. The first-order valence-electron chi connectivity index (χ1n) is 6.50. The molecule has 0 bridgehead atoms. The van der Waals surface area contributed by atoms with Gasteiger partial charge in [-0.3, -0.25) is 0 Å². The summed E-state index contributed by atoms with van der Waals surface area (Å²) < 4.78 is 16.6. The number of nitrogens with two attached hydrogens (primary N) is 1. The van der Waals surface area contributed by atoms with Crippen LogP contribution in [-0.4, -0.2) is 19.4 Å². The smallest absolute Gasteiger partial charge is 0.231 e. The van der Waals surface area contributed by atoms with Gasteiger partial charge in [0.1, 0.15) is 12.4 Å². The van der Waals surface area contributed by atoms with Crippen molar-refractivity contribution in [3.8, 4) is 17.2 Å². The molecule has 4 heteroatoms. The van der Waals surface area contributed by atoms with Crippen LogP contribution in [0.2, 0.25) is 0 Å². The van der Waals surface area contributed by atoms with Crippen molar-refractivity contribution in [1.29, 1.82) is 0 Å². The van der Waals surface area contributed by atoms with E-state index in [2.05, 4.69) is 0 Å². The number of hydrogen-bond acceptors (Lipinski definition) is 4. The van der Waals surface area contributed by atoms with E-state index < -0.39 is 0 Å². The van der Waals surface area contributed by atoms with Gasteiger partial charge in [0, 0.05) is 12.1 Å². The molecule has 0 aromatic heterocycles. The lowest BCUT2D eigenvalue weighted by molar-refractivity contribution is 0.174. The molecule has 1 heterocycles. The quantitative estimate of drug-likeness (QED) is 0.830. The van der Waals surface area contributed by atoms with E-state index in [1.807, 2.05) is 39.0 Å². The summed E-state index contributed by atoms with van der Waals surface area (Å²) in [5.41, 5.74) is 8.16. The van der Waals surface area contributed by atoms with Crippen molar-refractivity contribution >= 4 is 0 Å². The van der Waals surface area contributed by atoms with Gasteiger partial charge >= 0.3 is 0 Å². The first-order valence-corrected chi connectivity index (χ1v) is 6.50. The van der Waals surface area contributed by atoms with Gasteiger partial charge in [-0.2, -0.15) is 0 Å². The van der Waals surface area contributed by atoms with Crippen LogP contribution in [0.15, 0.2) is 23.8 Å². The standard InChI is InChI=1S/C15H21NO3/c1-10(2)4-5-17-13-8-15-14(18-9-19-15)7-12(13)6-11(3)16/h4,7-8,11H,5-6,9,16H2,1-3H3. The van der Waals surface area contributed by atoms with E-state index in [9.17, 15) is 0 Å². The second kappa shape index (κ2) is 5.97. The third kappa shape index (κ3) is 3.64. The van der Waals surface area contributed by atoms with Crippen molar-refractivity contribution in [2.24, 2.45) is 5.73 Å². The van der Waals surface area contributed by atoms with Crippen LogP contribution in [0.1, 0.15) is 26.3 Å². The molecule has 1 atom stereocenters. The lowest BCUT2D eigenvalue weighted by Gasteiger charge is -2.13. The van der Waals surface area contributed by atoms with Crippen LogP contribution in [0.5, 0.6) is 17.2 Å². The Morgan fingerprint density at radius 1 is 1.37 bits per heavy atom. The van der Waals surface area contributed by atoms with Crippen molar-refractivity contribution < 1.29 is 14.2 Å². The predicted molar refractivity (Wildman–Crippen MR) is 74.8 cm³/mol. The topological polar surface area (TPSA) is 53.7 Å². The van der Waals surface area contributed by atoms with Crippen LogP contribution in [0.4, 0.5) is 0 Å². The first kappa shape index (κ1) is 13.7. The zero-order chi connectivity index (χ0) is 13.8. The van der Waals surface area contributed by atoms with Crippen LogP contribution < -0.4 is 19.9 Å². The molecule has 0 radical (unpaired) electrons. The van der Waals surface area contributed by atoms with Gasteiger partial charge in [0.05, 0.1) is 0 Å². The SMILES string of the molecule is CC(C)=CCOc1cc2c(cc1CC(C)N)OCO2. The Hall–Kier alpha value is -1.68. The molecule has 104 valence electrons. The van der Waals surface area contributed by atoms with Crippen molar-refractivity contribution in [1.82, 2.24) is 0 Å². The summed E-state index contributed by atoms with van der Waals surface area (Å²) in [5.74, 6) is 2.32. The lowest BCUT2D eigenvalue weighted by Crippen LogP contribution is -2.18. The molecule has 1 aromatic carbocycles. The number of allylic oxidation sites excluding steroid dienone is 1. The van der Waals surface area contributed by atoms with Gasteiger partial charge in [0.15, 0.2) is 11.5 Å². The minimum atomic E-state index is 0.0752. The molecule has 0 spiro atoms.